The highest BCUT2D eigenvalue weighted by atomic mass is 32.1. The zero-order chi connectivity index (χ0) is 18.0. The second-order valence-corrected chi connectivity index (χ2v) is 5.98. The van der Waals surface area contributed by atoms with E-state index in [1.54, 1.807) is 19.2 Å². The highest BCUT2D eigenvalue weighted by Crippen LogP contribution is 2.31. The fourth-order valence-electron chi connectivity index (χ4n) is 2.23. The molecule has 8 nitrogen and oxygen atoms in total. The first-order valence-electron chi connectivity index (χ1n) is 7.10. The molecule has 0 aliphatic carbocycles. The lowest BCUT2D eigenvalue weighted by molar-refractivity contribution is -0.385. The molecule has 0 unspecified atom stereocenters. The third-order valence-corrected chi connectivity index (χ3v) is 4.39. The number of hydrogen-bond donors (Lipinski definition) is 1. The third-order valence-electron chi connectivity index (χ3n) is 3.45. The number of nitrogens with zero attached hydrogens (tertiary/aromatic N) is 2. The molecule has 3 rings (SSSR count). The van der Waals surface area contributed by atoms with Gasteiger partial charge in [0.1, 0.15) is 5.75 Å². The van der Waals surface area contributed by atoms with Crippen LogP contribution in [0.25, 0.3) is 10.2 Å². The van der Waals surface area contributed by atoms with Crippen LogP contribution in [0, 0.1) is 10.1 Å². The number of methoxy groups -OCH3 is 2. The van der Waals surface area contributed by atoms with Crippen LogP contribution in [0.4, 0.5) is 10.8 Å². The van der Waals surface area contributed by atoms with Crippen LogP contribution in [0.1, 0.15) is 10.4 Å². The zero-order valence-electron chi connectivity index (χ0n) is 13.3. The van der Waals surface area contributed by atoms with E-state index in [-0.39, 0.29) is 17.0 Å². The zero-order valence-corrected chi connectivity index (χ0v) is 14.1. The molecule has 1 aromatic heterocycles. The smallest absolute Gasteiger partial charge is 0.311 e. The van der Waals surface area contributed by atoms with Gasteiger partial charge in [-0.1, -0.05) is 11.3 Å². The molecule has 0 atom stereocenters. The van der Waals surface area contributed by atoms with E-state index in [4.69, 9.17) is 9.47 Å². The minimum atomic E-state index is -0.598. The lowest BCUT2D eigenvalue weighted by Gasteiger charge is -2.04. The molecule has 0 bridgehead atoms. The van der Waals surface area contributed by atoms with Crippen LogP contribution in [-0.4, -0.2) is 30.0 Å². The molecule has 0 aliphatic heterocycles. The highest BCUT2D eigenvalue weighted by molar-refractivity contribution is 7.22. The van der Waals surface area contributed by atoms with Crippen molar-refractivity contribution < 1.29 is 19.2 Å². The van der Waals surface area contributed by atoms with E-state index >= 15 is 0 Å². The normalized spacial score (nSPS) is 10.5. The van der Waals surface area contributed by atoms with Crippen LogP contribution in [0.2, 0.25) is 0 Å². The van der Waals surface area contributed by atoms with Crippen molar-refractivity contribution in [3.63, 3.8) is 0 Å². The Morgan fingerprint density at radius 1 is 1.20 bits per heavy atom. The summed E-state index contributed by atoms with van der Waals surface area (Å²) in [6.07, 6.45) is 0. The van der Waals surface area contributed by atoms with Gasteiger partial charge in [-0.3, -0.25) is 20.2 Å². The van der Waals surface area contributed by atoms with Gasteiger partial charge in [0, 0.05) is 11.6 Å². The Balaban J connectivity index is 1.87. The van der Waals surface area contributed by atoms with Crippen molar-refractivity contribution in [3.8, 4) is 11.5 Å². The molecule has 0 saturated heterocycles. The monoisotopic (exact) mass is 359 g/mol. The number of nitro groups is 1. The number of anilines is 1. The Labute approximate surface area is 146 Å². The first kappa shape index (κ1) is 16.7. The van der Waals surface area contributed by atoms with Gasteiger partial charge in [-0.05, 0) is 30.3 Å². The largest absolute Gasteiger partial charge is 0.497 e. The van der Waals surface area contributed by atoms with Crippen molar-refractivity contribution in [3.05, 3.63) is 52.1 Å². The molecule has 9 heteroatoms. The number of carbonyl (C=O) groups excluding carboxylic acids is 1. The molecule has 0 radical (unpaired) electrons. The predicted octanol–water partition coefficient (Wildman–Crippen LogP) is 3.47. The summed E-state index contributed by atoms with van der Waals surface area (Å²) in [5.41, 5.74) is 0.593. The second kappa shape index (κ2) is 6.73. The summed E-state index contributed by atoms with van der Waals surface area (Å²) in [7, 11) is 2.90. The maximum absolute atomic E-state index is 12.4. The van der Waals surface area contributed by atoms with Crippen molar-refractivity contribution in [2.24, 2.45) is 0 Å². The van der Waals surface area contributed by atoms with Gasteiger partial charge in [0.2, 0.25) is 0 Å². The molecule has 0 spiro atoms. The lowest BCUT2D eigenvalue weighted by Crippen LogP contribution is -2.12. The summed E-state index contributed by atoms with van der Waals surface area (Å²) in [6.45, 7) is 0. The van der Waals surface area contributed by atoms with Gasteiger partial charge in [-0.15, -0.1) is 0 Å². The molecular formula is C16H13N3O5S. The minimum Gasteiger partial charge on any atom is -0.497 e. The Kier molecular flexibility index (Phi) is 4.48. The van der Waals surface area contributed by atoms with Gasteiger partial charge in [-0.25, -0.2) is 4.98 Å². The highest BCUT2D eigenvalue weighted by Gasteiger charge is 2.19. The number of nitrogens with one attached hydrogen (secondary N) is 1. The average Bonchev–Trinajstić information content (AvgIpc) is 3.02. The Hall–Kier alpha value is -3.20. The van der Waals surface area contributed by atoms with E-state index in [0.29, 0.717) is 10.9 Å². The van der Waals surface area contributed by atoms with Crippen LogP contribution >= 0.6 is 11.3 Å². The number of benzene rings is 2. The first-order chi connectivity index (χ1) is 12.0. The average molecular weight is 359 g/mol. The summed E-state index contributed by atoms with van der Waals surface area (Å²) in [6, 6.07) is 9.40. The SMILES string of the molecule is COc1ccc2nc(NC(=O)c3ccc(OC)c([N+](=O)[O-])c3)sc2c1. The lowest BCUT2D eigenvalue weighted by atomic mass is 10.2. The van der Waals surface area contributed by atoms with E-state index in [2.05, 4.69) is 10.3 Å². The fraction of sp³-hybridized carbons (Fsp3) is 0.125. The van der Waals surface area contributed by atoms with Gasteiger partial charge in [0.25, 0.3) is 5.91 Å². The van der Waals surface area contributed by atoms with Crippen LogP contribution in [0.15, 0.2) is 36.4 Å². The van der Waals surface area contributed by atoms with Crippen molar-refractivity contribution in [2.75, 3.05) is 19.5 Å². The number of ether oxygens (including phenoxy) is 2. The summed E-state index contributed by atoms with van der Waals surface area (Å²) < 4.78 is 10.9. The number of aromatic nitrogens is 1. The third kappa shape index (κ3) is 3.36. The molecule has 0 fully saturated rings. The van der Waals surface area contributed by atoms with Crippen molar-refractivity contribution in [1.82, 2.24) is 4.98 Å². The number of hydrogen-bond acceptors (Lipinski definition) is 7. The van der Waals surface area contributed by atoms with E-state index in [1.807, 2.05) is 6.07 Å². The summed E-state index contributed by atoms with van der Waals surface area (Å²) in [5.74, 6) is 0.296. The molecule has 0 saturated carbocycles. The molecule has 25 heavy (non-hydrogen) atoms. The van der Waals surface area contributed by atoms with Crippen LogP contribution in [0.5, 0.6) is 11.5 Å². The quantitative estimate of drug-likeness (QED) is 0.552. The van der Waals surface area contributed by atoms with Gasteiger partial charge >= 0.3 is 5.69 Å². The van der Waals surface area contributed by atoms with Gasteiger partial charge in [0.15, 0.2) is 10.9 Å². The summed E-state index contributed by atoms with van der Waals surface area (Å²) in [4.78, 5) is 27.1. The van der Waals surface area contributed by atoms with Crippen LogP contribution < -0.4 is 14.8 Å². The van der Waals surface area contributed by atoms with Crippen LogP contribution in [0.3, 0.4) is 0 Å². The molecule has 1 N–H and O–H groups in total. The van der Waals surface area contributed by atoms with Crippen LogP contribution in [-0.2, 0) is 0 Å². The van der Waals surface area contributed by atoms with Gasteiger partial charge < -0.3 is 9.47 Å². The number of amides is 1. The molecule has 128 valence electrons. The Bertz CT molecular complexity index is 970. The number of thiazole rings is 1. The summed E-state index contributed by atoms with van der Waals surface area (Å²) >= 11 is 1.29. The predicted molar refractivity (Wildman–Crippen MR) is 93.8 cm³/mol. The van der Waals surface area contributed by atoms with Gasteiger partial charge in [0.05, 0.1) is 29.4 Å². The minimum absolute atomic E-state index is 0.0913. The van der Waals surface area contributed by atoms with Crippen molar-refractivity contribution in [1.29, 1.82) is 0 Å². The topological polar surface area (TPSA) is 104 Å². The van der Waals surface area contributed by atoms with E-state index in [0.717, 1.165) is 10.2 Å². The Morgan fingerprint density at radius 3 is 2.68 bits per heavy atom. The number of rotatable bonds is 5. The molecular weight excluding hydrogens is 346 g/mol. The maximum atomic E-state index is 12.4. The Morgan fingerprint density at radius 2 is 2.00 bits per heavy atom. The van der Waals surface area contributed by atoms with E-state index in [9.17, 15) is 14.9 Å². The van der Waals surface area contributed by atoms with Crippen molar-refractivity contribution in [2.45, 2.75) is 0 Å². The van der Waals surface area contributed by atoms with E-state index in [1.165, 1.54) is 36.6 Å². The fourth-order valence-corrected chi connectivity index (χ4v) is 3.12. The molecule has 3 aromatic rings. The molecule has 1 amide bonds. The number of fused-ring (bicyclic) bond motifs is 1. The molecule has 0 aliphatic rings. The standard InChI is InChI=1S/C16H13N3O5S/c1-23-10-4-5-11-14(8-10)25-16(17-11)18-15(20)9-3-6-13(24-2)12(7-9)19(21)22/h3-8H,1-2H3,(H,17,18,20). The summed E-state index contributed by atoms with van der Waals surface area (Å²) in [5, 5.41) is 14.1. The van der Waals surface area contributed by atoms with Crippen molar-refractivity contribution >= 4 is 38.3 Å². The van der Waals surface area contributed by atoms with Gasteiger partial charge in [-0.2, -0.15) is 0 Å². The second-order valence-electron chi connectivity index (χ2n) is 4.95. The first-order valence-corrected chi connectivity index (χ1v) is 7.92. The molecule has 1 heterocycles. The number of carbonyl (C=O) groups is 1. The maximum Gasteiger partial charge on any atom is 0.311 e. The molecule has 2 aromatic carbocycles. The van der Waals surface area contributed by atoms with E-state index < -0.39 is 10.8 Å². The number of nitro benzene ring substituents is 1.